The van der Waals surface area contributed by atoms with Crippen molar-refractivity contribution in [3.63, 3.8) is 0 Å². The van der Waals surface area contributed by atoms with Crippen molar-refractivity contribution in [3.8, 4) is 0 Å². The molecule has 0 N–H and O–H groups in total. The first-order chi connectivity index (χ1) is 11.3. The standard InChI is InChI=1S/C17H23N5O/c1-2-14-8-16(23-20-14)12-21-9-13-4-5-15(21)11-22(10-13)17-18-6-3-7-19-17/h3,6-8,13,15H,2,4-5,9-12H2,1H3. The van der Waals surface area contributed by atoms with Crippen molar-refractivity contribution in [2.24, 2.45) is 5.92 Å². The molecule has 3 saturated heterocycles. The third-order valence-electron chi connectivity index (χ3n) is 4.99. The van der Waals surface area contributed by atoms with Gasteiger partial charge in [-0.2, -0.15) is 0 Å². The topological polar surface area (TPSA) is 58.3 Å². The van der Waals surface area contributed by atoms with Crippen LogP contribution in [0.4, 0.5) is 5.95 Å². The van der Waals surface area contributed by atoms with Crippen LogP contribution in [0.5, 0.6) is 0 Å². The molecule has 0 saturated carbocycles. The zero-order chi connectivity index (χ0) is 15.6. The molecular formula is C17H23N5O. The molecule has 2 aromatic heterocycles. The molecule has 122 valence electrons. The summed E-state index contributed by atoms with van der Waals surface area (Å²) in [6.45, 7) is 6.13. The fraction of sp³-hybridized carbons (Fsp3) is 0.588. The molecular weight excluding hydrogens is 290 g/mol. The van der Waals surface area contributed by atoms with Gasteiger partial charge in [0, 0.05) is 44.1 Å². The summed E-state index contributed by atoms with van der Waals surface area (Å²) in [5, 5.41) is 4.12. The molecule has 0 radical (unpaired) electrons. The van der Waals surface area contributed by atoms with Crippen LogP contribution < -0.4 is 4.90 Å². The van der Waals surface area contributed by atoms with Crippen LogP contribution >= 0.6 is 0 Å². The van der Waals surface area contributed by atoms with E-state index in [2.05, 4.69) is 37.9 Å². The monoisotopic (exact) mass is 313 g/mol. The number of fused-ring (bicyclic) bond motifs is 4. The van der Waals surface area contributed by atoms with Gasteiger partial charge in [0.25, 0.3) is 0 Å². The summed E-state index contributed by atoms with van der Waals surface area (Å²) in [7, 11) is 0. The second-order valence-electron chi connectivity index (χ2n) is 6.62. The van der Waals surface area contributed by atoms with Crippen LogP contribution in [0.25, 0.3) is 0 Å². The minimum atomic E-state index is 0.535. The minimum Gasteiger partial charge on any atom is -0.360 e. The third kappa shape index (κ3) is 3.08. The predicted molar refractivity (Wildman–Crippen MR) is 87.0 cm³/mol. The van der Waals surface area contributed by atoms with E-state index < -0.39 is 0 Å². The Morgan fingerprint density at radius 1 is 1.17 bits per heavy atom. The fourth-order valence-electron chi connectivity index (χ4n) is 3.79. The van der Waals surface area contributed by atoms with Crippen LogP contribution in [-0.4, -0.2) is 45.7 Å². The summed E-state index contributed by atoms with van der Waals surface area (Å²) in [6.07, 6.45) is 7.11. The van der Waals surface area contributed by atoms with Gasteiger partial charge in [0.1, 0.15) is 0 Å². The molecule has 0 spiro atoms. The van der Waals surface area contributed by atoms with E-state index >= 15 is 0 Å². The summed E-state index contributed by atoms with van der Waals surface area (Å²) in [5.74, 6) is 2.52. The molecule has 3 aliphatic heterocycles. The average Bonchev–Trinajstić information content (AvgIpc) is 2.85. The van der Waals surface area contributed by atoms with Crippen LogP contribution in [0, 0.1) is 5.92 Å². The third-order valence-corrected chi connectivity index (χ3v) is 4.99. The number of nitrogens with zero attached hydrogens (tertiary/aromatic N) is 5. The van der Waals surface area contributed by atoms with Crippen LogP contribution in [-0.2, 0) is 13.0 Å². The van der Waals surface area contributed by atoms with Crippen LogP contribution in [0.1, 0.15) is 31.2 Å². The van der Waals surface area contributed by atoms with Gasteiger partial charge in [-0.05, 0) is 31.2 Å². The summed E-state index contributed by atoms with van der Waals surface area (Å²) in [5.41, 5.74) is 1.04. The van der Waals surface area contributed by atoms with Gasteiger partial charge in [-0.3, -0.25) is 4.90 Å². The molecule has 6 heteroatoms. The molecule has 3 fully saturated rings. The molecule has 5 heterocycles. The first kappa shape index (κ1) is 14.6. The number of hydrogen-bond donors (Lipinski definition) is 0. The van der Waals surface area contributed by atoms with E-state index in [1.165, 1.54) is 12.8 Å². The molecule has 5 rings (SSSR count). The van der Waals surface area contributed by atoms with Crippen molar-refractivity contribution in [3.05, 3.63) is 36.0 Å². The largest absolute Gasteiger partial charge is 0.360 e. The number of piperidine rings is 1. The van der Waals surface area contributed by atoms with Crippen LogP contribution in [0.2, 0.25) is 0 Å². The molecule has 3 aliphatic rings. The van der Waals surface area contributed by atoms with Gasteiger partial charge in [-0.25, -0.2) is 9.97 Å². The lowest BCUT2D eigenvalue weighted by Crippen LogP contribution is -2.43. The Labute approximate surface area is 136 Å². The Hall–Kier alpha value is -1.95. The molecule has 0 amide bonds. The van der Waals surface area contributed by atoms with Gasteiger partial charge >= 0.3 is 0 Å². The van der Waals surface area contributed by atoms with Gasteiger partial charge in [0.15, 0.2) is 5.76 Å². The highest BCUT2D eigenvalue weighted by Crippen LogP contribution is 2.30. The lowest BCUT2D eigenvalue weighted by molar-refractivity contribution is 0.114. The Morgan fingerprint density at radius 3 is 2.83 bits per heavy atom. The maximum absolute atomic E-state index is 5.49. The van der Waals surface area contributed by atoms with Gasteiger partial charge < -0.3 is 9.42 Å². The normalized spacial score (nSPS) is 24.8. The second kappa shape index (κ2) is 6.28. The zero-order valence-electron chi connectivity index (χ0n) is 13.6. The van der Waals surface area contributed by atoms with Crippen molar-refractivity contribution in [1.29, 1.82) is 0 Å². The molecule has 2 atom stereocenters. The van der Waals surface area contributed by atoms with Crippen LogP contribution in [0.15, 0.2) is 29.0 Å². The first-order valence-corrected chi connectivity index (χ1v) is 8.52. The van der Waals surface area contributed by atoms with E-state index in [0.29, 0.717) is 12.0 Å². The van der Waals surface area contributed by atoms with E-state index in [-0.39, 0.29) is 0 Å². The minimum absolute atomic E-state index is 0.535. The number of aryl methyl sites for hydroxylation is 1. The Morgan fingerprint density at radius 2 is 2.04 bits per heavy atom. The van der Waals surface area contributed by atoms with Gasteiger partial charge in [-0.15, -0.1) is 0 Å². The highest BCUT2D eigenvalue weighted by atomic mass is 16.5. The second-order valence-corrected chi connectivity index (χ2v) is 6.62. The highest BCUT2D eigenvalue weighted by Gasteiger charge is 2.35. The molecule has 2 unspecified atom stereocenters. The molecule has 6 nitrogen and oxygen atoms in total. The lowest BCUT2D eigenvalue weighted by Gasteiger charge is -2.35. The molecule has 0 aromatic carbocycles. The van der Waals surface area contributed by atoms with Crippen molar-refractivity contribution in [2.75, 3.05) is 24.5 Å². The van der Waals surface area contributed by atoms with Gasteiger partial charge in [0.2, 0.25) is 5.95 Å². The number of anilines is 1. The van der Waals surface area contributed by atoms with E-state index in [0.717, 1.165) is 50.0 Å². The SMILES string of the molecule is CCc1cc(CN2CC3CCC2CN(c2ncccn2)C3)on1. The van der Waals surface area contributed by atoms with E-state index in [1.54, 1.807) is 0 Å². The van der Waals surface area contributed by atoms with Crippen molar-refractivity contribution < 1.29 is 4.52 Å². The van der Waals surface area contributed by atoms with Crippen molar-refractivity contribution in [1.82, 2.24) is 20.0 Å². The van der Waals surface area contributed by atoms with E-state index in [1.807, 2.05) is 18.5 Å². The summed E-state index contributed by atoms with van der Waals surface area (Å²) >= 11 is 0. The smallest absolute Gasteiger partial charge is 0.225 e. The first-order valence-electron chi connectivity index (χ1n) is 8.52. The van der Waals surface area contributed by atoms with E-state index in [9.17, 15) is 0 Å². The molecule has 0 aliphatic carbocycles. The molecule has 23 heavy (non-hydrogen) atoms. The maximum Gasteiger partial charge on any atom is 0.225 e. The summed E-state index contributed by atoms with van der Waals surface area (Å²) in [6, 6.07) is 4.50. The quantitative estimate of drug-likeness (QED) is 0.862. The molecule has 2 bridgehead atoms. The Kier molecular flexibility index (Phi) is 3.99. The number of aromatic nitrogens is 3. The number of rotatable bonds is 4. The lowest BCUT2D eigenvalue weighted by atomic mass is 9.95. The highest BCUT2D eigenvalue weighted by molar-refractivity contribution is 5.30. The van der Waals surface area contributed by atoms with Gasteiger partial charge in [-0.1, -0.05) is 12.1 Å². The van der Waals surface area contributed by atoms with Crippen molar-refractivity contribution >= 4 is 5.95 Å². The summed E-state index contributed by atoms with van der Waals surface area (Å²) < 4.78 is 5.49. The van der Waals surface area contributed by atoms with Crippen LogP contribution in [0.3, 0.4) is 0 Å². The average molecular weight is 313 g/mol. The van der Waals surface area contributed by atoms with E-state index in [4.69, 9.17) is 4.52 Å². The van der Waals surface area contributed by atoms with Crippen molar-refractivity contribution in [2.45, 2.75) is 38.8 Å². The Bertz CT molecular complexity index is 643. The molecule has 2 aromatic rings. The Balaban J connectivity index is 1.49. The predicted octanol–water partition coefficient (Wildman–Crippen LogP) is 2.13. The van der Waals surface area contributed by atoms with Gasteiger partial charge in [0.05, 0.1) is 12.2 Å². The maximum atomic E-state index is 5.49. The fourth-order valence-corrected chi connectivity index (χ4v) is 3.79. The zero-order valence-corrected chi connectivity index (χ0v) is 13.6. The summed E-state index contributed by atoms with van der Waals surface area (Å²) in [4.78, 5) is 13.8. The number of hydrogen-bond acceptors (Lipinski definition) is 6.